The van der Waals surface area contributed by atoms with Crippen LogP contribution in [0.25, 0.3) is 0 Å². The molecule has 0 aliphatic rings. The molecule has 16 heavy (non-hydrogen) atoms. The fraction of sp³-hybridized carbons (Fsp3) is 0.667. The van der Waals surface area contributed by atoms with E-state index in [1.54, 1.807) is 4.68 Å². The van der Waals surface area contributed by atoms with Gasteiger partial charge in [-0.25, -0.2) is 4.79 Å². The third-order valence-corrected chi connectivity index (χ3v) is 2.59. The van der Waals surface area contributed by atoms with E-state index in [1.165, 1.54) is 0 Å². The Bertz CT molecular complexity index is 392. The molecule has 1 aromatic rings. The molecule has 0 saturated carbocycles. The zero-order chi connectivity index (χ0) is 12.5. The normalized spacial score (nSPS) is 11.4. The maximum absolute atomic E-state index is 11.1. The molecular formula is C12H20N2O2. The largest absolute Gasteiger partial charge is 0.476 e. The van der Waals surface area contributed by atoms with Gasteiger partial charge >= 0.3 is 5.97 Å². The van der Waals surface area contributed by atoms with Crippen molar-refractivity contribution in [1.29, 1.82) is 0 Å². The van der Waals surface area contributed by atoms with Crippen LogP contribution in [-0.4, -0.2) is 20.9 Å². The second-order valence-corrected chi connectivity index (χ2v) is 4.89. The van der Waals surface area contributed by atoms with Crippen LogP contribution in [0.3, 0.4) is 0 Å². The van der Waals surface area contributed by atoms with Crippen LogP contribution in [0.2, 0.25) is 0 Å². The Morgan fingerprint density at radius 1 is 1.38 bits per heavy atom. The third-order valence-electron chi connectivity index (χ3n) is 2.59. The minimum Gasteiger partial charge on any atom is -0.476 e. The van der Waals surface area contributed by atoms with Gasteiger partial charge in [-0.2, -0.15) is 5.10 Å². The van der Waals surface area contributed by atoms with E-state index in [2.05, 4.69) is 18.9 Å². The highest BCUT2D eigenvalue weighted by atomic mass is 16.4. The molecule has 1 N–H and O–H groups in total. The number of aromatic carboxylic acids is 1. The van der Waals surface area contributed by atoms with Crippen LogP contribution in [0.5, 0.6) is 0 Å². The van der Waals surface area contributed by atoms with Crippen molar-refractivity contribution in [1.82, 2.24) is 9.78 Å². The lowest BCUT2D eigenvalue weighted by Gasteiger charge is -2.11. The maximum Gasteiger partial charge on any atom is 0.356 e. The highest BCUT2D eigenvalue weighted by molar-refractivity contribution is 5.87. The van der Waals surface area contributed by atoms with Crippen molar-refractivity contribution in [3.63, 3.8) is 0 Å². The van der Waals surface area contributed by atoms with Gasteiger partial charge in [-0.15, -0.1) is 0 Å². The van der Waals surface area contributed by atoms with Crippen molar-refractivity contribution >= 4 is 5.97 Å². The van der Waals surface area contributed by atoms with Crippen LogP contribution in [0.15, 0.2) is 0 Å². The highest BCUT2D eigenvalue weighted by Gasteiger charge is 2.23. The quantitative estimate of drug-likeness (QED) is 0.854. The zero-order valence-electron chi connectivity index (χ0n) is 10.6. The Labute approximate surface area is 96.3 Å². The molecular weight excluding hydrogens is 204 g/mol. The molecule has 90 valence electrons. The molecule has 1 rings (SSSR count). The standard InChI is InChI=1S/C12H20N2O2/c1-7(2)6-9-10(8(3)4)11(12(15)16)13-14(9)5/h7-8H,6H2,1-5H3,(H,15,16). The molecule has 0 saturated heterocycles. The molecule has 0 radical (unpaired) electrons. The Balaban J connectivity index is 3.30. The van der Waals surface area contributed by atoms with Crippen LogP contribution >= 0.6 is 0 Å². The van der Waals surface area contributed by atoms with Crippen LogP contribution in [0, 0.1) is 5.92 Å². The number of hydrogen-bond donors (Lipinski definition) is 1. The van der Waals surface area contributed by atoms with Crippen LogP contribution in [0.4, 0.5) is 0 Å². The lowest BCUT2D eigenvalue weighted by molar-refractivity contribution is 0.0688. The SMILES string of the molecule is CC(C)Cc1c(C(C)C)c(C(=O)O)nn1C. The van der Waals surface area contributed by atoms with Gasteiger partial charge in [0, 0.05) is 18.3 Å². The Morgan fingerprint density at radius 3 is 2.31 bits per heavy atom. The first-order chi connectivity index (χ1) is 7.34. The minimum atomic E-state index is -0.936. The van der Waals surface area contributed by atoms with Gasteiger partial charge in [0.2, 0.25) is 0 Å². The van der Waals surface area contributed by atoms with E-state index in [4.69, 9.17) is 5.11 Å². The number of aryl methyl sites for hydroxylation is 1. The summed E-state index contributed by atoms with van der Waals surface area (Å²) in [7, 11) is 1.82. The van der Waals surface area contributed by atoms with E-state index < -0.39 is 5.97 Å². The van der Waals surface area contributed by atoms with Gasteiger partial charge in [0.15, 0.2) is 5.69 Å². The first kappa shape index (κ1) is 12.7. The van der Waals surface area contributed by atoms with E-state index in [9.17, 15) is 4.79 Å². The summed E-state index contributed by atoms with van der Waals surface area (Å²) < 4.78 is 1.71. The fourth-order valence-corrected chi connectivity index (χ4v) is 1.97. The summed E-state index contributed by atoms with van der Waals surface area (Å²) in [6.07, 6.45) is 0.865. The second kappa shape index (κ2) is 4.68. The van der Waals surface area contributed by atoms with E-state index in [0.717, 1.165) is 17.7 Å². The number of aromatic nitrogens is 2. The van der Waals surface area contributed by atoms with Crippen molar-refractivity contribution < 1.29 is 9.90 Å². The summed E-state index contributed by atoms with van der Waals surface area (Å²) in [5.41, 5.74) is 2.12. The monoisotopic (exact) mass is 224 g/mol. The van der Waals surface area contributed by atoms with Crippen LogP contribution in [-0.2, 0) is 13.5 Å². The van der Waals surface area contributed by atoms with Crippen molar-refractivity contribution in [3.8, 4) is 0 Å². The Kier molecular flexibility index (Phi) is 3.73. The van der Waals surface area contributed by atoms with Gasteiger partial charge in [0.1, 0.15) is 0 Å². The number of hydrogen-bond acceptors (Lipinski definition) is 2. The molecule has 0 spiro atoms. The van der Waals surface area contributed by atoms with Gasteiger partial charge in [-0.3, -0.25) is 4.68 Å². The van der Waals surface area contributed by atoms with Crippen molar-refractivity contribution in [2.24, 2.45) is 13.0 Å². The summed E-state index contributed by atoms with van der Waals surface area (Å²) in [6, 6.07) is 0. The summed E-state index contributed by atoms with van der Waals surface area (Å²) in [4.78, 5) is 11.1. The molecule has 1 heterocycles. The minimum absolute atomic E-state index is 0.188. The lowest BCUT2D eigenvalue weighted by Crippen LogP contribution is -2.06. The van der Waals surface area contributed by atoms with Crippen LogP contribution < -0.4 is 0 Å². The number of carboxylic acid groups (broad SMARTS) is 1. The predicted octanol–water partition coefficient (Wildman–Crippen LogP) is 2.44. The van der Waals surface area contributed by atoms with Gasteiger partial charge in [-0.05, 0) is 18.3 Å². The summed E-state index contributed by atoms with van der Waals surface area (Å²) >= 11 is 0. The molecule has 0 amide bonds. The molecule has 0 fully saturated rings. The predicted molar refractivity (Wildman–Crippen MR) is 62.8 cm³/mol. The second-order valence-electron chi connectivity index (χ2n) is 4.89. The number of carboxylic acids is 1. The first-order valence-electron chi connectivity index (χ1n) is 5.63. The Hall–Kier alpha value is -1.32. The van der Waals surface area contributed by atoms with Crippen LogP contribution in [0.1, 0.15) is 55.4 Å². The summed E-state index contributed by atoms with van der Waals surface area (Å²) in [5, 5.41) is 13.2. The van der Waals surface area contributed by atoms with E-state index in [-0.39, 0.29) is 11.6 Å². The molecule has 0 aliphatic carbocycles. The average Bonchev–Trinajstić information content (AvgIpc) is 2.43. The first-order valence-corrected chi connectivity index (χ1v) is 5.63. The molecule has 0 unspecified atom stereocenters. The molecule has 4 nitrogen and oxygen atoms in total. The molecule has 0 bridgehead atoms. The van der Waals surface area contributed by atoms with Gasteiger partial charge < -0.3 is 5.11 Å². The Morgan fingerprint density at radius 2 is 1.94 bits per heavy atom. The molecule has 0 aliphatic heterocycles. The summed E-state index contributed by atoms with van der Waals surface area (Å²) in [6.45, 7) is 8.26. The van der Waals surface area contributed by atoms with Crippen molar-refractivity contribution in [3.05, 3.63) is 17.0 Å². The number of nitrogens with zero attached hydrogens (tertiary/aromatic N) is 2. The molecule has 4 heteroatoms. The van der Waals surface area contributed by atoms with Crippen molar-refractivity contribution in [2.45, 2.75) is 40.0 Å². The number of carbonyl (C=O) groups is 1. The van der Waals surface area contributed by atoms with Gasteiger partial charge in [0.25, 0.3) is 0 Å². The van der Waals surface area contributed by atoms with E-state index >= 15 is 0 Å². The molecule has 0 atom stereocenters. The summed E-state index contributed by atoms with van der Waals surface area (Å²) in [5.74, 6) is -0.252. The molecule has 0 aromatic carbocycles. The van der Waals surface area contributed by atoms with E-state index in [1.807, 2.05) is 20.9 Å². The van der Waals surface area contributed by atoms with Gasteiger partial charge in [0.05, 0.1) is 0 Å². The fourth-order valence-electron chi connectivity index (χ4n) is 1.97. The number of rotatable bonds is 4. The highest BCUT2D eigenvalue weighted by Crippen LogP contribution is 2.25. The van der Waals surface area contributed by atoms with E-state index in [0.29, 0.717) is 5.92 Å². The average molecular weight is 224 g/mol. The van der Waals surface area contributed by atoms with Crippen molar-refractivity contribution in [2.75, 3.05) is 0 Å². The molecule has 1 aromatic heterocycles. The third kappa shape index (κ3) is 2.43. The zero-order valence-corrected chi connectivity index (χ0v) is 10.6. The topological polar surface area (TPSA) is 55.1 Å². The maximum atomic E-state index is 11.1. The smallest absolute Gasteiger partial charge is 0.356 e. The lowest BCUT2D eigenvalue weighted by atomic mass is 9.95. The van der Waals surface area contributed by atoms with Gasteiger partial charge in [-0.1, -0.05) is 27.7 Å².